The molecule has 2 N–H and O–H groups in total. The molecular weight excluding hydrogens is 522 g/mol. The summed E-state index contributed by atoms with van der Waals surface area (Å²) in [6.45, 7) is 11.9. The number of carbonyl (C=O) groups excluding carboxylic acids is 3. The molecule has 11 nitrogen and oxygen atoms in total. The highest BCUT2D eigenvalue weighted by molar-refractivity contribution is 5.87. The van der Waals surface area contributed by atoms with Crippen LogP contribution < -0.4 is 15.5 Å². The van der Waals surface area contributed by atoms with Crippen LogP contribution in [0, 0.1) is 13.8 Å². The summed E-state index contributed by atoms with van der Waals surface area (Å²) in [6.07, 6.45) is 1.47. The fourth-order valence-electron chi connectivity index (χ4n) is 4.57. The highest BCUT2D eigenvalue weighted by Crippen LogP contribution is 2.27. The molecule has 0 atom stereocenters. The first-order chi connectivity index (χ1) is 18.0. The van der Waals surface area contributed by atoms with Gasteiger partial charge in [0.25, 0.3) is 0 Å². The number of likely N-dealkylation sites (tertiary alicyclic amines) is 1. The van der Waals surface area contributed by atoms with Crippen LogP contribution in [0.1, 0.15) is 45.1 Å². The normalized spacial score (nSPS) is 13.7. The summed E-state index contributed by atoms with van der Waals surface area (Å²) in [6, 6.07) is 6.10. The van der Waals surface area contributed by atoms with Gasteiger partial charge in [0.1, 0.15) is 0 Å². The lowest BCUT2D eigenvalue weighted by molar-refractivity contribution is -0.133. The Labute approximate surface area is 237 Å². The second kappa shape index (κ2) is 14.8. The van der Waals surface area contributed by atoms with Crippen LogP contribution >= 0.6 is 12.4 Å². The summed E-state index contributed by atoms with van der Waals surface area (Å²) in [5, 5.41) is 10.2. The number of hydrogen-bond acceptors (Lipinski definition) is 8. The lowest BCUT2D eigenvalue weighted by Crippen LogP contribution is -2.50. The molecule has 0 bridgehead atoms. The van der Waals surface area contributed by atoms with E-state index in [1.807, 2.05) is 30.0 Å². The third kappa shape index (κ3) is 9.21. The smallest absolute Gasteiger partial charge is 0.242 e. The number of nitrogens with zero attached hydrogens (tertiary/aromatic N) is 5. The molecule has 39 heavy (non-hydrogen) atoms. The van der Waals surface area contributed by atoms with Gasteiger partial charge < -0.3 is 29.9 Å². The lowest BCUT2D eigenvalue weighted by Gasteiger charge is -2.37. The van der Waals surface area contributed by atoms with Gasteiger partial charge in [0.15, 0.2) is 0 Å². The predicted molar refractivity (Wildman–Crippen MR) is 153 cm³/mol. The van der Waals surface area contributed by atoms with Crippen LogP contribution in [0.3, 0.4) is 0 Å². The molecule has 0 unspecified atom stereocenters. The van der Waals surface area contributed by atoms with Gasteiger partial charge in [-0.15, -0.1) is 12.4 Å². The molecule has 2 aromatic rings. The third-order valence-corrected chi connectivity index (χ3v) is 6.85. The van der Waals surface area contributed by atoms with Crippen LogP contribution in [0.4, 0.5) is 5.69 Å². The summed E-state index contributed by atoms with van der Waals surface area (Å²) >= 11 is 0. The van der Waals surface area contributed by atoms with Crippen molar-refractivity contribution >= 4 is 35.8 Å². The second-order valence-corrected chi connectivity index (χ2v) is 10.2. The van der Waals surface area contributed by atoms with Crippen molar-refractivity contribution in [2.24, 2.45) is 0 Å². The van der Waals surface area contributed by atoms with Crippen LogP contribution in [0.15, 0.2) is 22.7 Å². The number of rotatable bonds is 11. The first-order valence-corrected chi connectivity index (χ1v) is 13.2. The van der Waals surface area contributed by atoms with Crippen molar-refractivity contribution in [3.63, 3.8) is 0 Å². The summed E-state index contributed by atoms with van der Waals surface area (Å²) in [7, 11) is 1.80. The van der Waals surface area contributed by atoms with Gasteiger partial charge >= 0.3 is 0 Å². The monoisotopic (exact) mass is 563 g/mol. The molecule has 3 rings (SSSR count). The molecule has 216 valence electrons. The van der Waals surface area contributed by atoms with E-state index in [0.29, 0.717) is 43.9 Å². The van der Waals surface area contributed by atoms with Gasteiger partial charge in [0, 0.05) is 70.4 Å². The van der Waals surface area contributed by atoms with Crippen LogP contribution in [-0.4, -0.2) is 96.1 Å². The molecule has 0 radical (unpaired) electrons. The molecular formula is C27H42ClN7O4. The topological polar surface area (TPSA) is 124 Å². The van der Waals surface area contributed by atoms with E-state index in [2.05, 4.69) is 34.6 Å². The van der Waals surface area contributed by atoms with Gasteiger partial charge in [-0.2, -0.15) is 4.98 Å². The van der Waals surface area contributed by atoms with Gasteiger partial charge in [-0.05, 0) is 31.4 Å². The maximum absolute atomic E-state index is 13.5. The molecule has 0 spiro atoms. The average Bonchev–Trinajstić information content (AvgIpc) is 3.32. The molecule has 0 saturated carbocycles. The Bertz CT molecular complexity index is 1120. The van der Waals surface area contributed by atoms with Crippen molar-refractivity contribution in [3.8, 4) is 11.4 Å². The van der Waals surface area contributed by atoms with E-state index in [9.17, 15) is 14.4 Å². The number of piperidine rings is 1. The lowest BCUT2D eigenvalue weighted by atomic mass is 10.0. The number of anilines is 1. The number of amides is 3. The van der Waals surface area contributed by atoms with Gasteiger partial charge in [-0.25, -0.2) is 0 Å². The molecule has 1 fully saturated rings. The Morgan fingerprint density at radius 3 is 2.41 bits per heavy atom. The quantitative estimate of drug-likeness (QED) is 0.399. The molecule has 1 aliphatic heterocycles. The van der Waals surface area contributed by atoms with Crippen molar-refractivity contribution in [3.05, 3.63) is 29.7 Å². The minimum absolute atomic E-state index is 0. The Kier molecular flexibility index (Phi) is 12.2. The number of benzene rings is 1. The number of aryl methyl sites for hydroxylation is 2. The standard InChI is InChI=1S/C27H41N7O4.ClH/c1-18(2)28-11-12-29-25(36)16-34(17-26(37)32(6)23-9-13-33(14-10-23)21(5)35)24-15-22(8-7-19(24)3)27-30-20(4)38-31-27;/h7-8,15,18,23,28H,9-14,16-17H2,1-6H3,(H,29,36);1H. The first kappa shape index (κ1) is 32.0. The van der Waals surface area contributed by atoms with Gasteiger partial charge in [-0.3, -0.25) is 14.4 Å². The van der Waals surface area contributed by atoms with Gasteiger partial charge in [0.05, 0.1) is 13.1 Å². The van der Waals surface area contributed by atoms with Crippen molar-refractivity contribution in [2.45, 2.75) is 59.5 Å². The Hall–Kier alpha value is -3.18. The molecule has 0 aliphatic carbocycles. The zero-order chi connectivity index (χ0) is 27.8. The molecule has 1 saturated heterocycles. The SMILES string of the molecule is CC(=O)N1CCC(N(C)C(=O)CN(CC(=O)NCCNC(C)C)c2cc(-c3noc(C)n3)ccc2C)CC1.Cl. The molecule has 1 aromatic carbocycles. The molecule has 1 aromatic heterocycles. The van der Waals surface area contributed by atoms with Gasteiger partial charge in [0.2, 0.25) is 29.4 Å². The minimum atomic E-state index is -0.166. The minimum Gasteiger partial charge on any atom is -0.353 e. The molecule has 1 aliphatic rings. The number of aromatic nitrogens is 2. The maximum Gasteiger partial charge on any atom is 0.242 e. The fourth-order valence-corrected chi connectivity index (χ4v) is 4.57. The van der Waals surface area contributed by atoms with Crippen molar-refractivity contribution < 1.29 is 18.9 Å². The Morgan fingerprint density at radius 2 is 1.82 bits per heavy atom. The number of halogens is 1. The number of likely N-dealkylation sites (N-methyl/N-ethyl adjacent to an activating group) is 1. The number of carbonyl (C=O) groups is 3. The van der Waals surface area contributed by atoms with E-state index < -0.39 is 0 Å². The van der Waals surface area contributed by atoms with Crippen LogP contribution in [0.2, 0.25) is 0 Å². The number of hydrogen-bond donors (Lipinski definition) is 2. The van der Waals surface area contributed by atoms with Crippen molar-refractivity contribution in [1.82, 2.24) is 30.6 Å². The second-order valence-electron chi connectivity index (χ2n) is 10.2. The van der Waals surface area contributed by atoms with E-state index in [4.69, 9.17) is 4.52 Å². The summed E-state index contributed by atoms with van der Waals surface area (Å²) in [5.41, 5.74) is 2.42. The zero-order valence-electron chi connectivity index (χ0n) is 23.8. The van der Waals surface area contributed by atoms with Gasteiger partial charge in [-0.1, -0.05) is 31.1 Å². The van der Waals surface area contributed by atoms with Crippen LogP contribution in [-0.2, 0) is 14.4 Å². The highest BCUT2D eigenvalue weighted by atomic mass is 35.5. The van der Waals surface area contributed by atoms with Crippen molar-refractivity contribution in [1.29, 1.82) is 0 Å². The summed E-state index contributed by atoms with van der Waals surface area (Å²) < 4.78 is 5.14. The third-order valence-electron chi connectivity index (χ3n) is 6.85. The molecule has 3 amide bonds. The average molecular weight is 564 g/mol. The van der Waals surface area contributed by atoms with Crippen LogP contribution in [0.25, 0.3) is 11.4 Å². The maximum atomic E-state index is 13.5. The van der Waals surface area contributed by atoms with E-state index >= 15 is 0 Å². The predicted octanol–water partition coefficient (Wildman–Crippen LogP) is 2.17. The fraction of sp³-hybridized carbons (Fsp3) is 0.593. The van der Waals surface area contributed by atoms with E-state index in [-0.39, 0.29) is 49.3 Å². The van der Waals surface area contributed by atoms with E-state index in [1.165, 1.54) is 0 Å². The van der Waals surface area contributed by atoms with Crippen LogP contribution in [0.5, 0.6) is 0 Å². The summed E-state index contributed by atoms with van der Waals surface area (Å²) in [4.78, 5) is 47.7. The molecule has 2 heterocycles. The Balaban J connectivity index is 0.00000533. The highest BCUT2D eigenvalue weighted by Gasteiger charge is 2.28. The van der Waals surface area contributed by atoms with E-state index in [0.717, 1.165) is 29.7 Å². The van der Waals surface area contributed by atoms with E-state index in [1.54, 1.807) is 30.7 Å². The number of nitrogens with one attached hydrogen (secondary N) is 2. The largest absolute Gasteiger partial charge is 0.353 e. The summed E-state index contributed by atoms with van der Waals surface area (Å²) in [5.74, 6) is 0.724. The zero-order valence-corrected chi connectivity index (χ0v) is 24.6. The first-order valence-electron chi connectivity index (χ1n) is 13.2. The van der Waals surface area contributed by atoms with Crippen molar-refractivity contribution in [2.75, 3.05) is 51.2 Å². The Morgan fingerprint density at radius 1 is 1.13 bits per heavy atom. The molecule has 12 heteroatoms.